The lowest BCUT2D eigenvalue weighted by molar-refractivity contribution is -0.113. The van der Waals surface area contributed by atoms with Gasteiger partial charge < -0.3 is 19.5 Å². The number of benzene rings is 2. The first-order valence-electron chi connectivity index (χ1n) is 9.39. The zero-order chi connectivity index (χ0) is 21.1. The second-order valence-electron chi connectivity index (χ2n) is 6.80. The van der Waals surface area contributed by atoms with Gasteiger partial charge in [0.2, 0.25) is 12.7 Å². The van der Waals surface area contributed by atoms with E-state index < -0.39 is 0 Å². The zero-order valence-electron chi connectivity index (χ0n) is 16.6. The van der Waals surface area contributed by atoms with Crippen molar-refractivity contribution in [2.45, 2.75) is 18.1 Å². The molecule has 0 saturated heterocycles. The summed E-state index contributed by atoms with van der Waals surface area (Å²) >= 11 is 1.21. The van der Waals surface area contributed by atoms with Gasteiger partial charge in [0, 0.05) is 18.9 Å². The number of ether oxygens (including phenoxy) is 3. The number of hydrogen-bond donors (Lipinski definition) is 1. The fourth-order valence-corrected chi connectivity index (χ4v) is 4.13. The summed E-state index contributed by atoms with van der Waals surface area (Å²) in [6, 6.07) is 12.2. The molecule has 156 valence electrons. The zero-order valence-corrected chi connectivity index (χ0v) is 17.4. The van der Waals surface area contributed by atoms with Crippen LogP contribution in [0.4, 0.5) is 5.69 Å². The largest absolute Gasteiger partial charge is 0.454 e. The summed E-state index contributed by atoms with van der Waals surface area (Å²) in [4.78, 5) is 30.2. The van der Waals surface area contributed by atoms with Crippen molar-refractivity contribution in [2.24, 2.45) is 0 Å². The number of amides is 1. The summed E-state index contributed by atoms with van der Waals surface area (Å²) in [7, 11) is 1.58. The molecule has 2 aromatic carbocycles. The molecule has 0 spiro atoms. The average molecular weight is 427 g/mol. The van der Waals surface area contributed by atoms with Crippen molar-refractivity contribution in [3.8, 4) is 11.5 Å². The molecule has 0 fully saturated rings. The number of hydrogen-bond acceptors (Lipinski definition) is 7. The Kier molecular flexibility index (Phi) is 5.91. The van der Waals surface area contributed by atoms with E-state index in [9.17, 15) is 9.59 Å². The van der Waals surface area contributed by atoms with Gasteiger partial charge in [-0.3, -0.25) is 14.2 Å². The minimum atomic E-state index is -0.223. The average Bonchev–Trinajstić information content (AvgIpc) is 3.20. The van der Waals surface area contributed by atoms with Crippen LogP contribution in [0, 0.1) is 0 Å². The minimum absolute atomic E-state index is 0.0962. The van der Waals surface area contributed by atoms with Crippen LogP contribution in [-0.4, -0.2) is 41.7 Å². The monoisotopic (exact) mass is 427 g/mol. The van der Waals surface area contributed by atoms with Gasteiger partial charge in [-0.2, -0.15) is 0 Å². The molecule has 1 atom stereocenters. The third-order valence-electron chi connectivity index (χ3n) is 4.61. The van der Waals surface area contributed by atoms with Crippen LogP contribution in [-0.2, 0) is 9.53 Å². The summed E-state index contributed by atoms with van der Waals surface area (Å²) < 4.78 is 17.4. The number of carbonyl (C=O) groups excluding carboxylic acids is 1. The van der Waals surface area contributed by atoms with E-state index in [1.807, 2.05) is 19.1 Å². The second kappa shape index (κ2) is 8.76. The van der Waals surface area contributed by atoms with E-state index >= 15 is 0 Å². The Hall–Kier alpha value is -3.04. The molecule has 1 amide bonds. The highest BCUT2D eigenvalue weighted by Crippen LogP contribution is 2.34. The third-order valence-corrected chi connectivity index (χ3v) is 5.57. The SMILES string of the molecule is COCC(C)n1c(SCC(=O)Nc2ccc3c(c2)OCO3)nc2ccccc2c1=O. The highest BCUT2D eigenvalue weighted by atomic mass is 32.2. The minimum Gasteiger partial charge on any atom is -0.454 e. The molecule has 4 rings (SSSR count). The Bertz CT molecular complexity index is 1150. The van der Waals surface area contributed by atoms with Gasteiger partial charge in [0.05, 0.1) is 29.3 Å². The normalized spacial score (nSPS) is 13.4. The molecule has 1 unspecified atom stereocenters. The molecule has 0 radical (unpaired) electrons. The predicted molar refractivity (Wildman–Crippen MR) is 115 cm³/mol. The van der Waals surface area contributed by atoms with Crippen LogP contribution >= 0.6 is 11.8 Å². The van der Waals surface area contributed by atoms with Crippen molar-refractivity contribution in [3.63, 3.8) is 0 Å². The molecule has 1 aliphatic rings. The third kappa shape index (κ3) is 4.12. The molecular weight excluding hydrogens is 406 g/mol. The number of methoxy groups -OCH3 is 1. The maximum Gasteiger partial charge on any atom is 0.262 e. The molecule has 1 aromatic heterocycles. The van der Waals surface area contributed by atoms with Crippen molar-refractivity contribution < 1.29 is 19.0 Å². The summed E-state index contributed by atoms with van der Waals surface area (Å²) in [6.45, 7) is 2.42. The van der Waals surface area contributed by atoms with E-state index in [4.69, 9.17) is 14.2 Å². The molecule has 30 heavy (non-hydrogen) atoms. The van der Waals surface area contributed by atoms with Crippen LogP contribution < -0.4 is 20.3 Å². The van der Waals surface area contributed by atoms with E-state index in [0.717, 1.165) is 0 Å². The topological polar surface area (TPSA) is 91.7 Å². The molecule has 9 heteroatoms. The summed E-state index contributed by atoms with van der Waals surface area (Å²) in [5.41, 5.74) is 1.06. The summed E-state index contributed by atoms with van der Waals surface area (Å²) in [5.74, 6) is 1.13. The van der Waals surface area contributed by atoms with Crippen molar-refractivity contribution in [2.75, 3.05) is 31.6 Å². The van der Waals surface area contributed by atoms with Crippen LogP contribution in [0.5, 0.6) is 11.5 Å². The Morgan fingerprint density at radius 3 is 2.90 bits per heavy atom. The number of thioether (sulfide) groups is 1. The number of carbonyl (C=O) groups is 1. The molecule has 3 aromatic rings. The Labute approximate surface area is 177 Å². The molecule has 2 heterocycles. The lowest BCUT2D eigenvalue weighted by atomic mass is 10.2. The van der Waals surface area contributed by atoms with Crippen molar-refractivity contribution in [1.82, 2.24) is 9.55 Å². The van der Waals surface area contributed by atoms with Gasteiger partial charge in [0.1, 0.15) is 0 Å². The van der Waals surface area contributed by atoms with Gasteiger partial charge in [0.15, 0.2) is 16.7 Å². The fraction of sp³-hybridized carbons (Fsp3) is 0.286. The Balaban J connectivity index is 1.54. The molecular formula is C21H21N3O5S. The van der Waals surface area contributed by atoms with E-state index in [2.05, 4.69) is 10.3 Å². The lowest BCUT2D eigenvalue weighted by Gasteiger charge is -2.18. The molecule has 0 bridgehead atoms. The Morgan fingerprint density at radius 1 is 1.27 bits per heavy atom. The maximum absolute atomic E-state index is 13.0. The van der Waals surface area contributed by atoms with Crippen LogP contribution in [0.15, 0.2) is 52.4 Å². The van der Waals surface area contributed by atoms with Gasteiger partial charge in [-0.05, 0) is 31.2 Å². The van der Waals surface area contributed by atoms with Crippen LogP contribution in [0.3, 0.4) is 0 Å². The highest BCUT2D eigenvalue weighted by molar-refractivity contribution is 7.99. The van der Waals surface area contributed by atoms with E-state index in [-0.39, 0.29) is 30.1 Å². The summed E-state index contributed by atoms with van der Waals surface area (Å²) in [6.07, 6.45) is 0. The molecule has 0 aliphatic carbocycles. The predicted octanol–water partition coefficient (Wildman–Crippen LogP) is 3.06. The number of fused-ring (bicyclic) bond motifs is 2. The first-order chi connectivity index (χ1) is 14.6. The van der Waals surface area contributed by atoms with Crippen LogP contribution in [0.2, 0.25) is 0 Å². The standard InChI is InChI=1S/C21H21N3O5S/c1-13(10-27-2)24-20(26)15-5-3-4-6-16(15)23-21(24)30-11-19(25)22-14-7-8-17-18(9-14)29-12-28-17/h3-9,13H,10-12H2,1-2H3,(H,22,25). The molecule has 1 aliphatic heterocycles. The number of para-hydroxylation sites is 1. The van der Waals surface area contributed by atoms with Crippen molar-refractivity contribution in [3.05, 3.63) is 52.8 Å². The molecule has 0 saturated carbocycles. The van der Waals surface area contributed by atoms with E-state index in [1.165, 1.54) is 11.8 Å². The van der Waals surface area contributed by atoms with Gasteiger partial charge in [0.25, 0.3) is 5.56 Å². The number of anilines is 1. The first kappa shape index (κ1) is 20.2. The van der Waals surface area contributed by atoms with Crippen LogP contribution in [0.25, 0.3) is 10.9 Å². The van der Waals surface area contributed by atoms with Crippen LogP contribution in [0.1, 0.15) is 13.0 Å². The van der Waals surface area contributed by atoms with Gasteiger partial charge in [-0.15, -0.1) is 0 Å². The number of rotatable bonds is 7. The smallest absolute Gasteiger partial charge is 0.262 e. The number of nitrogens with zero attached hydrogens (tertiary/aromatic N) is 2. The molecule has 1 N–H and O–H groups in total. The van der Waals surface area contributed by atoms with Crippen molar-refractivity contribution >= 4 is 34.3 Å². The highest BCUT2D eigenvalue weighted by Gasteiger charge is 2.18. The van der Waals surface area contributed by atoms with Gasteiger partial charge in [-0.25, -0.2) is 4.98 Å². The van der Waals surface area contributed by atoms with Gasteiger partial charge >= 0.3 is 0 Å². The quantitative estimate of drug-likeness (QED) is 0.458. The Morgan fingerprint density at radius 2 is 2.07 bits per heavy atom. The second-order valence-corrected chi connectivity index (χ2v) is 7.74. The summed E-state index contributed by atoms with van der Waals surface area (Å²) in [5, 5.41) is 3.85. The first-order valence-corrected chi connectivity index (χ1v) is 10.4. The number of aromatic nitrogens is 2. The van der Waals surface area contributed by atoms with E-state index in [1.54, 1.807) is 42.0 Å². The molecule has 8 nitrogen and oxygen atoms in total. The number of nitrogens with one attached hydrogen (secondary N) is 1. The van der Waals surface area contributed by atoms with Crippen molar-refractivity contribution in [1.29, 1.82) is 0 Å². The lowest BCUT2D eigenvalue weighted by Crippen LogP contribution is -2.29. The fourth-order valence-electron chi connectivity index (χ4n) is 3.23. The van der Waals surface area contributed by atoms with Gasteiger partial charge in [-0.1, -0.05) is 23.9 Å². The maximum atomic E-state index is 13.0. The van der Waals surface area contributed by atoms with E-state index in [0.29, 0.717) is 39.9 Å².